The molecule has 0 bridgehead atoms. The van der Waals surface area contributed by atoms with Crippen molar-refractivity contribution in [2.75, 3.05) is 32.7 Å². The second kappa shape index (κ2) is 9.69. The molecule has 30 heavy (non-hydrogen) atoms. The topological polar surface area (TPSA) is 104 Å². The predicted octanol–water partition coefficient (Wildman–Crippen LogP) is 1.28. The highest BCUT2D eigenvalue weighted by Gasteiger charge is 2.28. The van der Waals surface area contributed by atoms with Crippen LogP contribution in [-0.2, 0) is 24.8 Å². The summed E-state index contributed by atoms with van der Waals surface area (Å²) in [5, 5.41) is 2.68. The lowest BCUT2D eigenvalue weighted by Gasteiger charge is -2.24. The number of rotatable bonds is 4. The molecular weight excluding hydrogens is 426 g/mol. The highest BCUT2D eigenvalue weighted by Crippen LogP contribution is 2.19. The van der Waals surface area contributed by atoms with Crippen molar-refractivity contribution >= 4 is 26.0 Å². The molecule has 0 unspecified atom stereocenters. The Kier molecular flexibility index (Phi) is 7.24. The lowest BCUT2D eigenvalue weighted by atomic mass is 10.3. The standard InChI is InChI=1S/C20H25N3O5S2/c24-20-12-16-22(29(25,26)18-8-3-1-4-9-18)14-7-15-23(17-13-21-20)30(27,28)19-10-5-2-6-11-19/h1-6,8-11H,7,12-17H2,(H,21,24). The normalized spacial score (nSPS) is 18.3. The number of benzene rings is 2. The van der Waals surface area contributed by atoms with Crippen LogP contribution in [0.1, 0.15) is 12.8 Å². The Morgan fingerprint density at radius 2 is 1.13 bits per heavy atom. The Labute approximate surface area is 177 Å². The lowest BCUT2D eigenvalue weighted by Crippen LogP contribution is -2.39. The second-order valence-corrected chi connectivity index (χ2v) is 10.8. The van der Waals surface area contributed by atoms with E-state index in [4.69, 9.17) is 0 Å². The van der Waals surface area contributed by atoms with E-state index in [1.807, 2.05) is 0 Å². The van der Waals surface area contributed by atoms with Gasteiger partial charge in [0.2, 0.25) is 26.0 Å². The summed E-state index contributed by atoms with van der Waals surface area (Å²) in [6.45, 7) is 0.582. The molecule has 3 rings (SSSR count). The van der Waals surface area contributed by atoms with E-state index in [1.165, 1.54) is 32.9 Å². The molecule has 0 spiro atoms. The zero-order chi connectivity index (χ0) is 21.6. The molecule has 0 atom stereocenters. The average molecular weight is 452 g/mol. The van der Waals surface area contributed by atoms with Crippen LogP contribution in [0.4, 0.5) is 0 Å². The quantitative estimate of drug-likeness (QED) is 0.754. The molecule has 1 N–H and O–H groups in total. The van der Waals surface area contributed by atoms with Crippen molar-refractivity contribution in [3.63, 3.8) is 0 Å². The Morgan fingerprint density at radius 3 is 1.63 bits per heavy atom. The maximum atomic E-state index is 13.0. The average Bonchev–Trinajstić information content (AvgIpc) is 2.79. The smallest absolute Gasteiger partial charge is 0.243 e. The Bertz CT molecular complexity index is 1060. The third-order valence-corrected chi connectivity index (χ3v) is 8.67. The fourth-order valence-corrected chi connectivity index (χ4v) is 6.25. The van der Waals surface area contributed by atoms with Crippen LogP contribution >= 0.6 is 0 Å². The summed E-state index contributed by atoms with van der Waals surface area (Å²) < 4.78 is 54.6. The minimum atomic E-state index is -3.78. The van der Waals surface area contributed by atoms with Gasteiger partial charge in [-0.25, -0.2) is 16.8 Å². The predicted molar refractivity (Wildman–Crippen MR) is 113 cm³/mol. The first-order valence-electron chi connectivity index (χ1n) is 9.69. The molecule has 0 saturated carbocycles. The third-order valence-electron chi connectivity index (χ3n) is 4.85. The monoisotopic (exact) mass is 451 g/mol. The summed E-state index contributed by atoms with van der Waals surface area (Å²) in [6.07, 6.45) is 0.323. The fraction of sp³-hybridized carbons (Fsp3) is 0.350. The van der Waals surface area contributed by atoms with Crippen molar-refractivity contribution in [3.05, 3.63) is 60.7 Å². The van der Waals surface area contributed by atoms with Gasteiger partial charge in [0.15, 0.2) is 0 Å². The van der Waals surface area contributed by atoms with E-state index in [2.05, 4.69) is 5.32 Å². The van der Waals surface area contributed by atoms with Crippen LogP contribution in [0.25, 0.3) is 0 Å². The number of carbonyl (C=O) groups excluding carboxylic acids is 1. The Hall–Kier alpha value is -2.27. The van der Waals surface area contributed by atoms with Crippen LogP contribution in [-0.4, -0.2) is 64.1 Å². The van der Waals surface area contributed by atoms with Gasteiger partial charge in [-0.05, 0) is 30.7 Å². The molecule has 2 aromatic carbocycles. The molecule has 1 saturated heterocycles. The first-order valence-corrected chi connectivity index (χ1v) is 12.6. The van der Waals surface area contributed by atoms with E-state index in [-0.39, 0.29) is 54.8 Å². The van der Waals surface area contributed by atoms with Gasteiger partial charge in [0, 0.05) is 39.1 Å². The van der Waals surface area contributed by atoms with Gasteiger partial charge in [0.25, 0.3) is 0 Å². The number of amides is 1. The van der Waals surface area contributed by atoms with Crippen molar-refractivity contribution in [2.45, 2.75) is 22.6 Å². The minimum Gasteiger partial charge on any atom is -0.355 e. The van der Waals surface area contributed by atoms with E-state index in [9.17, 15) is 21.6 Å². The van der Waals surface area contributed by atoms with Gasteiger partial charge < -0.3 is 5.32 Å². The van der Waals surface area contributed by atoms with E-state index in [1.54, 1.807) is 36.4 Å². The highest BCUT2D eigenvalue weighted by atomic mass is 32.2. The van der Waals surface area contributed by atoms with Crippen molar-refractivity contribution < 1.29 is 21.6 Å². The highest BCUT2D eigenvalue weighted by molar-refractivity contribution is 7.89. The SMILES string of the molecule is O=C1CCN(S(=O)(=O)c2ccccc2)CCCN(S(=O)(=O)c2ccccc2)CCN1. The maximum absolute atomic E-state index is 13.0. The van der Waals surface area contributed by atoms with Crippen molar-refractivity contribution in [1.82, 2.24) is 13.9 Å². The van der Waals surface area contributed by atoms with Gasteiger partial charge in [0.1, 0.15) is 0 Å². The van der Waals surface area contributed by atoms with Crippen LogP contribution in [0.3, 0.4) is 0 Å². The summed E-state index contributed by atoms with van der Waals surface area (Å²) >= 11 is 0. The van der Waals surface area contributed by atoms with Gasteiger partial charge in [-0.2, -0.15) is 8.61 Å². The molecule has 0 aliphatic carbocycles. The summed E-state index contributed by atoms with van der Waals surface area (Å²) in [5.41, 5.74) is 0. The minimum absolute atomic E-state index is 0.0114. The van der Waals surface area contributed by atoms with E-state index in [0.717, 1.165) is 0 Å². The van der Waals surface area contributed by atoms with Crippen LogP contribution in [0.5, 0.6) is 0 Å². The largest absolute Gasteiger partial charge is 0.355 e. The van der Waals surface area contributed by atoms with E-state index < -0.39 is 20.0 Å². The van der Waals surface area contributed by atoms with Crippen LogP contribution < -0.4 is 5.32 Å². The molecule has 1 aliphatic heterocycles. The first kappa shape index (κ1) is 22.4. The number of nitrogens with one attached hydrogen (secondary N) is 1. The summed E-state index contributed by atoms with van der Waals surface area (Å²) in [5.74, 6) is -0.317. The molecule has 10 heteroatoms. The molecule has 0 radical (unpaired) electrons. The zero-order valence-corrected chi connectivity index (χ0v) is 18.1. The zero-order valence-electron chi connectivity index (χ0n) is 16.5. The number of sulfonamides is 2. The fourth-order valence-electron chi connectivity index (χ4n) is 3.25. The molecule has 1 amide bonds. The Morgan fingerprint density at radius 1 is 0.667 bits per heavy atom. The molecule has 162 valence electrons. The lowest BCUT2D eigenvalue weighted by molar-refractivity contribution is -0.121. The van der Waals surface area contributed by atoms with Gasteiger partial charge >= 0.3 is 0 Å². The van der Waals surface area contributed by atoms with Crippen molar-refractivity contribution in [3.8, 4) is 0 Å². The number of hydrogen-bond acceptors (Lipinski definition) is 5. The van der Waals surface area contributed by atoms with Gasteiger partial charge in [-0.1, -0.05) is 36.4 Å². The number of carbonyl (C=O) groups is 1. The summed E-state index contributed by atoms with van der Waals surface area (Å²) in [7, 11) is -7.53. The first-order chi connectivity index (χ1) is 14.3. The molecular formula is C20H25N3O5S2. The number of nitrogens with zero attached hydrogens (tertiary/aromatic N) is 2. The molecule has 8 nitrogen and oxygen atoms in total. The van der Waals surface area contributed by atoms with Crippen LogP contribution in [0, 0.1) is 0 Å². The molecule has 1 aliphatic rings. The van der Waals surface area contributed by atoms with Gasteiger partial charge in [-0.3, -0.25) is 4.79 Å². The summed E-state index contributed by atoms with van der Waals surface area (Å²) in [4.78, 5) is 12.5. The maximum Gasteiger partial charge on any atom is 0.243 e. The molecule has 1 heterocycles. The third kappa shape index (κ3) is 5.25. The van der Waals surface area contributed by atoms with E-state index >= 15 is 0 Å². The van der Waals surface area contributed by atoms with Gasteiger partial charge in [0.05, 0.1) is 9.79 Å². The molecule has 0 aromatic heterocycles. The van der Waals surface area contributed by atoms with Gasteiger partial charge in [-0.15, -0.1) is 0 Å². The Balaban J connectivity index is 1.83. The molecule has 1 fully saturated rings. The van der Waals surface area contributed by atoms with Crippen molar-refractivity contribution in [2.24, 2.45) is 0 Å². The van der Waals surface area contributed by atoms with Crippen molar-refractivity contribution in [1.29, 1.82) is 0 Å². The van der Waals surface area contributed by atoms with Crippen LogP contribution in [0.15, 0.2) is 70.5 Å². The van der Waals surface area contributed by atoms with Crippen LogP contribution in [0.2, 0.25) is 0 Å². The molecule has 2 aromatic rings. The second-order valence-electron chi connectivity index (χ2n) is 6.89. The number of hydrogen-bond donors (Lipinski definition) is 1. The van der Waals surface area contributed by atoms with E-state index in [0.29, 0.717) is 6.42 Å². The summed E-state index contributed by atoms with van der Waals surface area (Å²) in [6, 6.07) is 16.1.